The van der Waals surface area contributed by atoms with Crippen LogP contribution in [-0.2, 0) is 6.42 Å². The molecule has 22 heavy (non-hydrogen) atoms. The first-order valence-electron chi connectivity index (χ1n) is 7.13. The van der Waals surface area contributed by atoms with Gasteiger partial charge in [-0.25, -0.2) is 0 Å². The zero-order chi connectivity index (χ0) is 16.1. The van der Waals surface area contributed by atoms with Crippen molar-refractivity contribution in [2.75, 3.05) is 14.1 Å². The fourth-order valence-corrected chi connectivity index (χ4v) is 2.03. The zero-order valence-corrected chi connectivity index (χ0v) is 13.0. The zero-order valence-electron chi connectivity index (χ0n) is 13.0. The smallest absolute Gasteiger partial charge is 0.269 e. The molecule has 2 aromatic rings. The number of nitro benzene ring substituents is 1. The van der Waals surface area contributed by atoms with E-state index in [1.807, 2.05) is 18.2 Å². The molecule has 0 heterocycles. The summed E-state index contributed by atoms with van der Waals surface area (Å²) >= 11 is 0. The van der Waals surface area contributed by atoms with Crippen LogP contribution in [0.4, 0.5) is 5.69 Å². The van der Waals surface area contributed by atoms with E-state index in [4.69, 9.17) is 4.74 Å². The topological polar surface area (TPSA) is 55.6 Å². The molecule has 0 spiro atoms. The third kappa shape index (κ3) is 4.30. The van der Waals surface area contributed by atoms with E-state index in [0.29, 0.717) is 11.8 Å². The average molecular weight is 300 g/mol. The molecule has 5 nitrogen and oxygen atoms in total. The van der Waals surface area contributed by atoms with E-state index in [1.165, 1.54) is 17.7 Å². The van der Waals surface area contributed by atoms with Gasteiger partial charge in [0.15, 0.2) is 0 Å². The van der Waals surface area contributed by atoms with E-state index in [9.17, 15) is 10.1 Å². The van der Waals surface area contributed by atoms with E-state index in [2.05, 4.69) is 32.0 Å². The minimum Gasteiger partial charge on any atom is -0.457 e. The Labute approximate surface area is 130 Å². The van der Waals surface area contributed by atoms with Gasteiger partial charge in [-0.1, -0.05) is 12.1 Å². The van der Waals surface area contributed by atoms with E-state index in [-0.39, 0.29) is 5.69 Å². The van der Waals surface area contributed by atoms with Crippen molar-refractivity contribution in [3.05, 3.63) is 64.2 Å². The predicted octanol–water partition coefficient (Wildman–Crippen LogP) is 3.88. The summed E-state index contributed by atoms with van der Waals surface area (Å²) in [4.78, 5) is 12.4. The number of hydrogen-bond donors (Lipinski definition) is 0. The number of rotatable bonds is 6. The summed E-state index contributed by atoms with van der Waals surface area (Å²) in [5.41, 5.74) is 1.25. The van der Waals surface area contributed by atoms with Crippen molar-refractivity contribution in [3.63, 3.8) is 0 Å². The molecule has 0 amide bonds. The highest BCUT2D eigenvalue weighted by Gasteiger charge is 2.08. The second-order valence-electron chi connectivity index (χ2n) is 5.52. The van der Waals surface area contributed by atoms with Gasteiger partial charge in [-0.05, 0) is 57.3 Å². The lowest BCUT2D eigenvalue weighted by Gasteiger charge is -2.19. The monoisotopic (exact) mass is 300 g/mol. The van der Waals surface area contributed by atoms with Crippen LogP contribution in [0, 0.1) is 10.1 Å². The number of non-ortho nitro benzene ring substituents is 1. The molecule has 0 N–H and O–H groups in total. The average Bonchev–Trinajstić information content (AvgIpc) is 2.48. The van der Waals surface area contributed by atoms with Crippen molar-refractivity contribution in [2.45, 2.75) is 19.4 Å². The summed E-state index contributed by atoms with van der Waals surface area (Å²) in [5.74, 6) is 1.32. The summed E-state index contributed by atoms with van der Waals surface area (Å²) in [6.07, 6.45) is 0.935. The van der Waals surface area contributed by atoms with Gasteiger partial charge in [0.25, 0.3) is 5.69 Å². The minimum atomic E-state index is -0.424. The van der Waals surface area contributed by atoms with E-state index >= 15 is 0 Å². The lowest BCUT2D eigenvalue weighted by molar-refractivity contribution is -0.384. The fourth-order valence-electron chi connectivity index (χ4n) is 2.03. The molecule has 0 aliphatic rings. The molecular weight excluding hydrogens is 280 g/mol. The van der Waals surface area contributed by atoms with E-state index < -0.39 is 4.92 Å². The first kappa shape index (κ1) is 16.0. The quantitative estimate of drug-likeness (QED) is 0.600. The van der Waals surface area contributed by atoms with Gasteiger partial charge < -0.3 is 9.64 Å². The number of likely N-dealkylation sites (N-methyl/N-ethyl adjacent to an activating group) is 1. The normalized spacial score (nSPS) is 12.2. The summed E-state index contributed by atoms with van der Waals surface area (Å²) in [7, 11) is 4.11. The SMILES string of the molecule is CC(Cc1cccc(Oc2ccc([N+](=O)[O-])cc2)c1)N(C)C. The molecule has 0 bridgehead atoms. The van der Waals surface area contributed by atoms with E-state index in [1.54, 1.807) is 12.1 Å². The maximum absolute atomic E-state index is 10.6. The van der Waals surface area contributed by atoms with Gasteiger partial charge in [-0.3, -0.25) is 10.1 Å². The molecule has 0 aliphatic carbocycles. The van der Waals surface area contributed by atoms with Gasteiger partial charge >= 0.3 is 0 Å². The molecule has 5 heteroatoms. The highest BCUT2D eigenvalue weighted by atomic mass is 16.6. The lowest BCUT2D eigenvalue weighted by atomic mass is 10.1. The highest BCUT2D eigenvalue weighted by molar-refractivity contribution is 5.39. The number of ether oxygens (including phenoxy) is 1. The minimum absolute atomic E-state index is 0.0564. The van der Waals surface area contributed by atoms with Crippen LogP contribution in [0.2, 0.25) is 0 Å². The van der Waals surface area contributed by atoms with Crippen LogP contribution >= 0.6 is 0 Å². The van der Waals surface area contributed by atoms with Crippen molar-refractivity contribution >= 4 is 5.69 Å². The van der Waals surface area contributed by atoms with Crippen LogP contribution < -0.4 is 4.74 Å². The molecule has 1 atom stereocenters. The fraction of sp³-hybridized carbons (Fsp3) is 0.294. The van der Waals surface area contributed by atoms with Crippen LogP contribution in [0.15, 0.2) is 48.5 Å². The van der Waals surface area contributed by atoms with Gasteiger partial charge in [0.1, 0.15) is 11.5 Å². The van der Waals surface area contributed by atoms with E-state index in [0.717, 1.165) is 12.2 Å². The third-order valence-electron chi connectivity index (χ3n) is 3.59. The van der Waals surface area contributed by atoms with Crippen LogP contribution in [0.5, 0.6) is 11.5 Å². The second-order valence-corrected chi connectivity index (χ2v) is 5.52. The number of nitrogens with zero attached hydrogens (tertiary/aromatic N) is 2. The maximum Gasteiger partial charge on any atom is 0.269 e. The largest absolute Gasteiger partial charge is 0.457 e. The van der Waals surface area contributed by atoms with Crippen molar-refractivity contribution in [1.29, 1.82) is 0 Å². The number of hydrogen-bond acceptors (Lipinski definition) is 4. The van der Waals surface area contributed by atoms with Crippen LogP contribution in [-0.4, -0.2) is 30.0 Å². The van der Waals surface area contributed by atoms with Crippen molar-refractivity contribution in [3.8, 4) is 11.5 Å². The third-order valence-corrected chi connectivity index (χ3v) is 3.59. The van der Waals surface area contributed by atoms with Gasteiger partial charge in [-0.2, -0.15) is 0 Å². The van der Waals surface area contributed by atoms with Crippen LogP contribution in [0.1, 0.15) is 12.5 Å². The Morgan fingerprint density at radius 2 is 1.82 bits per heavy atom. The first-order valence-corrected chi connectivity index (χ1v) is 7.13. The van der Waals surface area contributed by atoms with Gasteiger partial charge in [-0.15, -0.1) is 0 Å². The Morgan fingerprint density at radius 3 is 2.41 bits per heavy atom. The summed E-state index contributed by atoms with van der Waals surface area (Å²) < 4.78 is 5.76. The van der Waals surface area contributed by atoms with Crippen molar-refractivity contribution < 1.29 is 9.66 Å². The number of nitro groups is 1. The maximum atomic E-state index is 10.6. The molecule has 2 rings (SSSR count). The van der Waals surface area contributed by atoms with Crippen LogP contribution in [0.3, 0.4) is 0 Å². The Hall–Kier alpha value is -2.40. The molecule has 1 unspecified atom stereocenters. The van der Waals surface area contributed by atoms with Crippen molar-refractivity contribution in [2.24, 2.45) is 0 Å². The molecule has 0 aliphatic heterocycles. The molecule has 116 valence electrons. The Morgan fingerprint density at radius 1 is 1.14 bits per heavy atom. The van der Waals surface area contributed by atoms with Crippen LogP contribution in [0.25, 0.3) is 0 Å². The van der Waals surface area contributed by atoms with Crippen molar-refractivity contribution in [1.82, 2.24) is 4.90 Å². The number of benzene rings is 2. The summed E-state index contributed by atoms with van der Waals surface area (Å²) in [6.45, 7) is 2.17. The standard InChI is InChI=1S/C17H20N2O3/c1-13(18(2)3)11-14-5-4-6-17(12-14)22-16-9-7-15(8-10-16)19(20)21/h4-10,12-13H,11H2,1-3H3. The van der Waals surface area contributed by atoms with Gasteiger partial charge in [0, 0.05) is 18.2 Å². The Bertz CT molecular complexity index is 639. The molecule has 0 fully saturated rings. The van der Waals surface area contributed by atoms with Gasteiger partial charge in [0.2, 0.25) is 0 Å². The lowest BCUT2D eigenvalue weighted by Crippen LogP contribution is -2.26. The highest BCUT2D eigenvalue weighted by Crippen LogP contribution is 2.25. The molecule has 0 aromatic heterocycles. The Balaban J connectivity index is 2.08. The summed E-state index contributed by atoms with van der Waals surface area (Å²) in [6, 6.07) is 14.4. The first-order chi connectivity index (χ1) is 10.5. The molecule has 2 aromatic carbocycles. The molecule has 0 saturated heterocycles. The Kier molecular flexibility index (Phi) is 5.12. The predicted molar refractivity (Wildman–Crippen MR) is 86.5 cm³/mol. The molecule has 0 saturated carbocycles. The second kappa shape index (κ2) is 7.04. The summed E-state index contributed by atoms with van der Waals surface area (Å²) in [5, 5.41) is 10.6. The molecule has 0 radical (unpaired) electrons. The molecular formula is C17H20N2O3. The van der Waals surface area contributed by atoms with Gasteiger partial charge in [0.05, 0.1) is 4.92 Å².